The van der Waals surface area contributed by atoms with E-state index in [0.717, 1.165) is 37.7 Å². The molecule has 1 aliphatic heterocycles. The summed E-state index contributed by atoms with van der Waals surface area (Å²) in [4.78, 5) is 2.59. The van der Waals surface area contributed by atoms with Crippen LogP contribution in [-0.4, -0.2) is 36.6 Å². The minimum absolute atomic E-state index is 0.560. The second kappa shape index (κ2) is 6.39. The molecule has 1 N–H and O–H groups in total. The zero-order valence-electron chi connectivity index (χ0n) is 11.9. The summed E-state index contributed by atoms with van der Waals surface area (Å²) < 4.78 is 5.45. The normalized spacial score (nSPS) is 24.9. The first kappa shape index (κ1) is 13.6. The van der Waals surface area contributed by atoms with Crippen molar-refractivity contribution in [2.45, 2.75) is 45.7 Å². The van der Waals surface area contributed by atoms with Crippen molar-refractivity contribution in [2.24, 2.45) is 5.92 Å². The first-order valence-corrected chi connectivity index (χ1v) is 7.20. The molecule has 3 unspecified atom stereocenters. The predicted octanol–water partition coefficient (Wildman–Crippen LogP) is 2.53. The van der Waals surface area contributed by atoms with Crippen molar-refractivity contribution in [3.8, 4) is 0 Å². The molecule has 2 heterocycles. The van der Waals surface area contributed by atoms with E-state index in [1.807, 2.05) is 6.07 Å². The molecule has 102 valence electrons. The van der Waals surface area contributed by atoms with Gasteiger partial charge in [0.05, 0.1) is 6.26 Å². The van der Waals surface area contributed by atoms with Crippen molar-refractivity contribution in [3.63, 3.8) is 0 Å². The lowest BCUT2D eigenvalue weighted by Gasteiger charge is -2.39. The fourth-order valence-corrected chi connectivity index (χ4v) is 2.72. The maximum Gasteiger partial charge on any atom is 0.105 e. The minimum atomic E-state index is 0.560. The molecule has 0 aliphatic carbocycles. The molecule has 1 aliphatic rings. The van der Waals surface area contributed by atoms with Crippen LogP contribution in [0, 0.1) is 5.92 Å². The second-order valence-corrected chi connectivity index (χ2v) is 5.57. The monoisotopic (exact) mass is 250 g/mol. The number of nitrogens with one attached hydrogen (secondary N) is 1. The van der Waals surface area contributed by atoms with E-state index >= 15 is 0 Å². The molecule has 3 heteroatoms. The number of nitrogens with zero attached hydrogens (tertiary/aromatic N) is 1. The SMILES string of the molecule is CCC(C)C1CN(C(C)Cc2ccco2)CCN1. The third-order valence-corrected chi connectivity index (χ3v) is 4.27. The Kier molecular flexibility index (Phi) is 4.84. The van der Waals surface area contributed by atoms with E-state index in [-0.39, 0.29) is 0 Å². The summed E-state index contributed by atoms with van der Waals surface area (Å²) >= 11 is 0. The summed E-state index contributed by atoms with van der Waals surface area (Å²) in [5, 5.41) is 3.65. The van der Waals surface area contributed by atoms with E-state index in [4.69, 9.17) is 4.42 Å². The third kappa shape index (κ3) is 3.36. The van der Waals surface area contributed by atoms with Crippen molar-refractivity contribution in [3.05, 3.63) is 24.2 Å². The van der Waals surface area contributed by atoms with E-state index in [9.17, 15) is 0 Å². The molecule has 3 nitrogen and oxygen atoms in total. The van der Waals surface area contributed by atoms with Gasteiger partial charge in [-0.1, -0.05) is 20.3 Å². The van der Waals surface area contributed by atoms with E-state index in [1.165, 1.54) is 6.42 Å². The van der Waals surface area contributed by atoms with Gasteiger partial charge in [0.25, 0.3) is 0 Å². The van der Waals surface area contributed by atoms with Crippen molar-refractivity contribution < 1.29 is 4.42 Å². The fraction of sp³-hybridized carbons (Fsp3) is 0.733. The Hall–Kier alpha value is -0.800. The van der Waals surface area contributed by atoms with Crippen molar-refractivity contribution >= 4 is 0 Å². The summed E-state index contributed by atoms with van der Waals surface area (Å²) in [7, 11) is 0. The highest BCUT2D eigenvalue weighted by Crippen LogP contribution is 2.16. The van der Waals surface area contributed by atoms with Gasteiger partial charge in [-0.3, -0.25) is 4.90 Å². The molecule has 0 amide bonds. The standard InChI is InChI=1S/C15H26N2O/c1-4-12(2)15-11-17(8-7-16-15)13(3)10-14-6-5-9-18-14/h5-6,9,12-13,15-16H,4,7-8,10-11H2,1-3H3. The molecule has 2 rings (SSSR count). The minimum Gasteiger partial charge on any atom is -0.469 e. The van der Waals surface area contributed by atoms with E-state index in [0.29, 0.717) is 12.1 Å². The largest absolute Gasteiger partial charge is 0.469 e. The predicted molar refractivity (Wildman–Crippen MR) is 74.7 cm³/mol. The summed E-state index contributed by atoms with van der Waals surface area (Å²) in [5.41, 5.74) is 0. The molecule has 3 atom stereocenters. The molecule has 0 bridgehead atoms. The molecule has 1 aromatic heterocycles. The molecule has 1 fully saturated rings. The van der Waals surface area contributed by atoms with Gasteiger partial charge in [0.1, 0.15) is 5.76 Å². The van der Waals surface area contributed by atoms with Gasteiger partial charge in [0, 0.05) is 38.1 Å². The second-order valence-electron chi connectivity index (χ2n) is 5.57. The van der Waals surface area contributed by atoms with Gasteiger partial charge in [-0.15, -0.1) is 0 Å². The smallest absolute Gasteiger partial charge is 0.105 e. The fourth-order valence-electron chi connectivity index (χ4n) is 2.72. The van der Waals surface area contributed by atoms with Gasteiger partial charge in [-0.2, -0.15) is 0 Å². The lowest BCUT2D eigenvalue weighted by atomic mass is 9.96. The number of hydrogen-bond acceptors (Lipinski definition) is 3. The van der Waals surface area contributed by atoms with E-state index in [1.54, 1.807) is 6.26 Å². The zero-order valence-corrected chi connectivity index (χ0v) is 11.9. The summed E-state index contributed by atoms with van der Waals surface area (Å²) in [6.07, 6.45) is 4.03. The van der Waals surface area contributed by atoms with Gasteiger partial charge in [0.15, 0.2) is 0 Å². The lowest BCUT2D eigenvalue weighted by Crippen LogP contribution is -2.55. The van der Waals surface area contributed by atoms with Crippen molar-refractivity contribution in [1.82, 2.24) is 10.2 Å². The van der Waals surface area contributed by atoms with E-state index < -0.39 is 0 Å². The molecule has 1 saturated heterocycles. The molecular weight excluding hydrogens is 224 g/mol. The maximum atomic E-state index is 5.45. The summed E-state index contributed by atoms with van der Waals surface area (Å²) in [6.45, 7) is 10.3. The van der Waals surface area contributed by atoms with Crippen LogP contribution in [0.3, 0.4) is 0 Å². The number of piperazine rings is 1. The van der Waals surface area contributed by atoms with Crippen molar-refractivity contribution in [2.75, 3.05) is 19.6 Å². The summed E-state index contributed by atoms with van der Waals surface area (Å²) in [5.74, 6) is 1.85. The molecule has 0 radical (unpaired) electrons. The number of hydrogen-bond donors (Lipinski definition) is 1. The Morgan fingerprint density at radius 2 is 2.33 bits per heavy atom. The zero-order chi connectivity index (χ0) is 13.0. The Morgan fingerprint density at radius 3 is 3.00 bits per heavy atom. The third-order valence-electron chi connectivity index (χ3n) is 4.27. The highest BCUT2D eigenvalue weighted by Gasteiger charge is 2.26. The highest BCUT2D eigenvalue weighted by atomic mass is 16.3. The maximum absolute atomic E-state index is 5.45. The first-order valence-electron chi connectivity index (χ1n) is 7.20. The van der Waals surface area contributed by atoms with Crippen LogP contribution in [0.4, 0.5) is 0 Å². The summed E-state index contributed by atoms with van der Waals surface area (Å²) in [6, 6.07) is 5.25. The quantitative estimate of drug-likeness (QED) is 0.870. The van der Waals surface area contributed by atoms with E-state index in [2.05, 4.69) is 37.1 Å². The van der Waals surface area contributed by atoms with Gasteiger partial charge < -0.3 is 9.73 Å². The van der Waals surface area contributed by atoms with Crippen molar-refractivity contribution in [1.29, 1.82) is 0 Å². The molecular formula is C15H26N2O. The van der Waals surface area contributed by atoms with Crippen LogP contribution in [0.25, 0.3) is 0 Å². The molecule has 0 aromatic carbocycles. The topological polar surface area (TPSA) is 28.4 Å². The van der Waals surface area contributed by atoms with Gasteiger partial charge in [-0.05, 0) is 25.0 Å². The van der Waals surface area contributed by atoms with Crippen LogP contribution >= 0.6 is 0 Å². The van der Waals surface area contributed by atoms with Gasteiger partial charge in [-0.25, -0.2) is 0 Å². The Balaban J connectivity index is 1.88. The first-order chi connectivity index (χ1) is 8.70. The van der Waals surface area contributed by atoms with Crippen LogP contribution in [0.5, 0.6) is 0 Å². The average molecular weight is 250 g/mol. The molecule has 1 aromatic rings. The molecule has 0 saturated carbocycles. The molecule has 0 spiro atoms. The molecule has 18 heavy (non-hydrogen) atoms. The van der Waals surface area contributed by atoms with Gasteiger partial charge >= 0.3 is 0 Å². The Bertz CT molecular complexity index is 336. The van der Waals surface area contributed by atoms with Crippen LogP contribution in [0.15, 0.2) is 22.8 Å². The van der Waals surface area contributed by atoms with Gasteiger partial charge in [0.2, 0.25) is 0 Å². The Labute approximate surface area is 111 Å². The van der Waals surface area contributed by atoms with Crippen LogP contribution in [0.1, 0.15) is 33.0 Å². The van der Waals surface area contributed by atoms with Crippen LogP contribution in [0.2, 0.25) is 0 Å². The van der Waals surface area contributed by atoms with Crippen LogP contribution < -0.4 is 5.32 Å². The number of rotatable bonds is 5. The number of furan rings is 1. The highest BCUT2D eigenvalue weighted by molar-refractivity contribution is 5.00. The lowest BCUT2D eigenvalue weighted by molar-refractivity contribution is 0.126. The Morgan fingerprint density at radius 1 is 1.50 bits per heavy atom. The van der Waals surface area contributed by atoms with Crippen LogP contribution in [-0.2, 0) is 6.42 Å². The average Bonchev–Trinajstić information content (AvgIpc) is 2.90.